The zero-order chi connectivity index (χ0) is 9.68. The van der Waals surface area contributed by atoms with Gasteiger partial charge in [0.2, 0.25) is 0 Å². The first-order valence-corrected chi connectivity index (χ1v) is 4.41. The first-order valence-electron chi connectivity index (χ1n) is 4.41. The third kappa shape index (κ3) is 2.55. The normalized spacial score (nSPS) is 12.1. The van der Waals surface area contributed by atoms with Gasteiger partial charge in [-0.2, -0.15) is 5.26 Å². The molecule has 2 heteroatoms. The van der Waals surface area contributed by atoms with Gasteiger partial charge in [0.25, 0.3) is 0 Å². The average Bonchev–Trinajstić information content (AvgIpc) is 2.17. The summed E-state index contributed by atoms with van der Waals surface area (Å²) < 4.78 is 13.1. The Kier molecular flexibility index (Phi) is 3.45. The Morgan fingerprint density at radius 1 is 1.46 bits per heavy atom. The van der Waals surface area contributed by atoms with Crippen molar-refractivity contribution in [2.45, 2.75) is 19.8 Å². The Labute approximate surface area is 77.8 Å². The van der Waals surface area contributed by atoms with E-state index in [-0.39, 0.29) is 11.7 Å². The number of hydrogen-bond donors (Lipinski definition) is 0. The monoisotopic (exact) mass is 177 g/mol. The van der Waals surface area contributed by atoms with Crippen molar-refractivity contribution in [3.63, 3.8) is 0 Å². The third-order valence-electron chi connectivity index (χ3n) is 2.10. The minimum Gasteiger partial charge on any atom is -0.207 e. The van der Waals surface area contributed by atoms with Crippen LogP contribution in [0, 0.1) is 23.1 Å². The molecule has 0 radical (unpaired) electrons. The second-order valence-electron chi connectivity index (χ2n) is 3.03. The molecule has 0 aliphatic heterocycles. The fourth-order valence-corrected chi connectivity index (χ4v) is 1.21. The van der Waals surface area contributed by atoms with Gasteiger partial charge in [0.15, 0.2) is 0 Å². The lowest BCUT2D eigenvalue weighted by atomic mass is 9.98. The third-order valence-corrected chi connectivity index (χ3v) is 2.10. The molecule has 0 aromatic heterocycles. The number of rotatable bonds is 3. The van der Waals surface area contributed by atoms with Crippen molar-refractivity contribution in [3.05, 3.63) is 35.6 Å². The van der Waals surface area contributed by atoms with Gasteiger partial charge in [0, 0.05) is 0 Å². The van der Waals surface area contributed by atoms with Crippen molar-refractivity contribution in [1.82, 2.24) is 0 Å². The zero-order valence-electron chi connectivity index (χ0n) is 7.63. The summed E-state index contributed by atoms with van der Waals surface area (Å²) in [6, 6.07) is 8.78. The lowest BCUT2D eigenvalue weighted by Crippen LogP contribution is -2.01. The first kappa shape index (κ1) is 9.73. The van der Waals surface area contributed by atoms with E-state index in [0.717, 1.165) is 6.42 Å². The highest BCUT2D eigenvalue weighted by atomic mass is 19.1. The van der Waals surface area contributed by atoms with Crippen molar-refractivity contribution >= 4 is 0 Å². The first-order chi connectivity index (χ1) is 6.27. The van der Waals surface area contributed by atoms with Gasteiger partial charge in [0.05, 0.1) is 12.0 Å². The Hall–Kier alpha value is -1.36. The van der Waals surface area contributed by atoms with Crippen LogP contribution >= 0.6 is 0 Å². The van der Waals surface area contributed by atoms with Crippen molar-refractivity contribution in [2.24, 2.45) is 5.92 Å². The maximum absolute atomic E-state index is 13.1. The lowest BCUT2D eigenvalue weighted by molar-refractivity contribution is 0.574. The molecule has 1 aromatic rings. The molecule has 0 fully saturated rings. The number of benzene rings is 1. The van der Waals surface area contributed by atoms with Crippen LogP contribution in [0.2, 0.25) is 0 Å². The van der Waals surface area contributed by atoms with Crippen LogP contribution in [0.25, 0.3) is 0 Å². The summed E-state index contributed by atoms with van der Waals surface area (Å²) in [5, 5.41) is 8.71. The smallest absolute Gasteiger partial charge is 0.126 e. The highest BCUT2D eigenvalue weighted by Gasteiger charge is 2.08. The summed E-state index contributed by atoms with van der Waals surface area (Å²) in [5.41, 5.74) is 0.635. The SMILES string of the molecule is CCC(C#N)Cc1ccccc1F. The van der Waals surface area contributed by atoms with Gasteiger partial charge >= 0.3 is 0 Å². The van der Waals surface area contributed by atoms with Crippen LogP contribution in [0.5, 0.6) is 0 Å². The standard InChI is InChI=1S/C11H12FN/c1-2-9(8-13)7-10-5-3-4-6-11(10)12/h3-6,9H,2,7H2,1H3. The van der Waals surface area contributed by atoms with E-state index in [1.54, 1.807) is 18.2 Å². The Balaban J connectivity index is 2.74. The molecule has 0 spiro atoms. The molecule has 0 heterocycles. The van der Waals surface area contributed by atoms with E-state index in [1.807, 2.05) is 6.92 Å². The van der Waals surface area contributed by atoms with Gasteiger partial charge < -0.3 is 0 Å². The summed E-state index contributed by atoms with van der Waals surface area (Å²) in [6.07, 6.45) is 1.28. The molecule has 0 bridgehead atoms. The predicted molar refractivity (Wildman–Crippen MR) is 49.5 cm³/mol. The van der Waals surface area contributed by atoms with E-state index < -0.39 is 0 Å². The van der Waals surface area contributed by atoms with Crippen molar-refractivity contribution in [3.8, 4) is 6.07 Å². The average molecular weight is 177 g/mol. The maximum Gasteiger partial charge on any atom is 0.126 e. The molecule has 0 aliphatic rings. The van der Waals surface area contributed by atoms with Crippen LogP contribution in [0.3, 0.4) is 0 Å². The number of hydrogen-bond acceptors (Lipinski definition) is 1. The number of nitriles is 1. The molecule has 0 N–H and O–H groups in total. The largest absolute Gasteiger partial charge is 0.207 e. The summed E-state index contributed by atoms with van der Waals surface area (Å²) >= 11 is 0. The molecule has 1 aromatic carbocycles. The zero-order valence-corrected chi connectivity index (χ0v) is 7.63. The van der Waals surface area contributed by atoms with Gasteiger partial charge in [-0.05, 0) is 24.5 Å². The molecule has 13 heavy (non-hydrogen) atoms. The topological polar surface area (TPSA) is 23.8 Å². The van der Waals surface area contributed by atoms with Crippen molar-refractivity contribution in [1.29, 1.82) is 5.26 Å². The summed E-state index contributed by atoms with van der Waals surface area (Å²) in [6.45, 7) is 1.94. The van der Waals surface area contributed by atoms with Crippen molar-refractivity contribution in [2.75, 3.05) is 0 Å². The Morgan fingerprint density at radius 3 is 2.69 bits per heavy atom. The number of halogens is 1. The highest BCUT2D eigenvalue weighted by Crippen LogP contribution is 2.14. The van der Waals surface area contributed by atoms with Crippen LogP contribution < -0.4 is 0 Å². The summed E-state index contributed by atoms with van der Waals surface area (Å²) in [5.74, 6) is -0.284. The molecule has 1 nitrogen and oxygen atoms in total. The van der Waals surface area contributed by atoms with Crippen LogP contribution in [0.15, 0.2) is 24.3 Å². The van der Waals surface area contributed by atoms with E-state index in [1.165, 1.54) is 6.07 Å². The van der Waals surface area contributed by atoms with Gasteiger partial charge in [-0.25, -0.2) is 4.39 Å². The summed E-state index contributed by atoms with van der Waals surface area (Å²) in [4.78, 5) is 0. The van der Waals surface area contributed by atoms with E-state index >= 15 is 0 Å². The molecule has 0 aliphatic carbocycles. The molecular weight excluding hydrogens is 165 g/mol. The molecule has 68 valence electrons. The predicted octanol–water partition coefficient (Wildman–Crippen LogP) is 2.92. The molecule has 1 unspecified atom stereocenters. The Bertz CT molecular complexity index is 314. The van der Waals surface area contributed by atoms with Gasteiger partial charge in [-0.15, -0.1) is 0 Å². The van der Waals surface area contributed by atoms with E-state index in [2.05, 4.69) is 6.07 Å². The van der Waals surface area contributed by atoms with E-state index in [0.29, 0.717) is 12.0 Å². The van der Waals surface area contributed by atoms with Crippen molar-refractivity contribution < 1.29 is 4.39 Å². The van der Waals surface area contributed by atoms with E-state index in [9.17, 15) is 4.39 Å². The number of nitrogens with zero attached hydrogens (tertiary/aromatic N) is 1. The van der Waals surface area contributed by atoms with Crippen LogP contribution in [0.4, 0.5) is 4.39 Å². The van der Waals surface area contributed by atoms with E-state index in [4.69, 9.17) is 5.26 Å². The molecular formula is C11H12FN. The second-order valence-corrected chi connectivity index (χ2v) is 3.03. The van der Waals surface area contributed by atoms with Crippen LogP contribution in [0.1, 0.15) is 18.9 Å². The van der Waals surface area contributed by atoms with Gasteiger partial charge in [-0.1, -0.05) is 25.1 Å². The summed E-state index contributed by atoms with van der Waals surface area (Å²) in [7, 11) is 0. The fraction of sp³-hybridized carbons (Fsp3) is 0.364. The van der Waals surface area contributed by atoms with Crippen LogP contribution in [-0.4, -0.2) is 0 Å². The Morgan fingerprint density at radius 2 is 2.15 bits per heavy atom. The molecule has 0 saturated heterocycles. The maximum atomic E-state index is 13.1. The van der Waals surface area contributed by atoms with Gasteiger partial charge in [-0.3, -0.25) is 0 Å². The lowest BCUT2D eigenvalue weighted by Gasteiger charge is -2.06. The molecule has 0 amide bonds. The molecule has 0 saturated carbocycles. The minimum atomic E-state index is -0.212. The highest BCUT2D eigenvalue weighted by molar-refractivity contribution is 5.18. The van der Waals surface area contributed by atoms with Crippen LogP contribution in [-0.2, 0) is 6.42 Å². The van der Waals surface area contributed by atoms with Gasteiger partial charge in [0.1, 0.15) is 5.82 Å². The molecule has 1 atom stereocenters. The molecule has 1 rings (SSSR count). The second kappa shape index (κ2) is 4.61. The fourth-order valence-electron chi connectivity index (χ4n) is 1.21. The quantitative estimate of drug-likeness (QED) is 0.696. The minimum absolute atomic E-state index is 0.0723.